The SMILES string of the molecule is CCCc1nc2cccnc2n1C1CCN(C(C)C)C1. The molecule has 0 saturated carbocycles. The first kappa shape index (κ1) is 13.6. The van der Waals surface area contributed by atoms with Crippen LogP contribution in [0.1, 0.15) is 45.5 Å². The molecule has 0 N–H and O–H groups in total. The highest BCUT2D eigenvalue weighted by Gasteiger charge is 2.28. The van der Waals surface area contributed by atoms with Crippen molar-refractivity contribution in [1.82, 2.24) is 19.4 Å². The first-order valence-electron chi connectivity index (χ1n) is 7.76. The van der Waals surface area contributed by atoms with Crippen LogP contribution in [-0.4, -0.2) is 38.6 Å². The zero-order chi connectivity index (χ0) is 14.1. The lowest BCUT2D eigenvalue weighted by molar-refractivity contribution is 0.265. The highest BCUT2D eigenvalue weighted by Crippen LogP contribution is 2.28. The summed E-state index contributed by atoms with van der Waals surface area (Å²) in [6, 6.07) is 5.20. The van der Waals surface area contributed by atoms with Crippen LogP contribution in [0.15, 0.2) is 18.3 Å². The molecular formula is C16H24N4. The molecule has 4 heteroatoms. The van der Waals surface area contributed by atoms with Gasteiger partial charge in [0.25, 0.3) is 0 Å². The summed E-state index contributed by atoms with van der Waals surface area (Å²) in [6.07, 6.45) is 5.25. The van der Waals surface area contributed by atoms with Crippen molar-refractivity contribution in [3.63, 3.8) is 0 Å². The Kier molecular flexibility index (Phi) is 3.74. The van der Waals surface area contributed by atoms with Crippen LogP contribution in [0.3, 0.4) is 0 Å². The minimum absolute atomic E-state index is 0.527. The molecule has 2 aromatic rings. The summed E-state index contributed by atoms with van der Waals surface area (Å²) >= 11 is 0. The van der Waals surface area contributed by atoms with Gasteiger partial charge in [-0.3, -0.25) is 4.90 Å². The Bertz CT molecular complexity index is 587. The van der Waals surface area contributed by atoms with Gasteiger partial charge < -0.3 is 4.57 Å². The summed E-state index contributed by atoms with van der Waals surface area (Å²) in [5, 5.41) is 0. The average Bonchev–Trinajstić information content (AvgIpc) is 3.02. The summed E-state index contributed by atoms with van der Waals surface area (Å²) in [4.78, 5) is 11.9. The zero-order valence-electron chi connectivity index (χ0n) is 12.7. The Morgan fingerprint density at radius 1 is 1.40 bits per heavy atom. The number of pyridine rings is 1. The van der Waals surface area contributed by atoms with Gasteiger partial charge in [0.1, 0.15) is 11.3 Å². The predicted octanol–water partition coefficient (Wildman–Crippen LogP) is 3.04. The quantitative estimate of drug-likeness (QED) is 0.858. The van der Waals surface area contributed by atoms with Gasteiger partial charge in [-0.2, -0.15) is 0 Å². The molecule has 20 heavy (non-hydrogen) atoms. The van der Waals surface area contributed by atoms with Crippen molar-refractivity contribution in [2.75, 3.05) is 13.1 Å². The summed E-state index contributed by atoms with van der Waals surface area (Å²) < 4.78 is 2.40. The number of rotatable bonds is 4. The second-order valence-corrected chi connectivity index (χ2v) is 6.03. The molecule has 2 aromatic heterocycles. The first-order chi connectivity index (χ1) is 9.70. The van der Waals surface area contributed by atoms with Gasteiger partial charge in [0.15, 0.2) is 5.65 Å². The Balaban J connectivity index is 1.99. The second kappa shape index (κ2) is 5.52. The summed E-state index contributed by atoms with van der Waals surface area (Å²) in [7, 11) is 0. The van der Waals surface area contributed by atoms with E-state index in [4.69, 9.17) is 4.98 Å². The minimum atomic E-state index is 0.527. The Hall–Kier alpha value is -1.42. The number of hydrogen-bond donors (Lipinski definition) is 0. The number of aryl methyl sites for hydroxylation is 1. The lowest BCUT2D eigenvalue weighted by atomic mass is 10.2. The molecule has 1 atom stereocenters. The van der Waals surface area contributed by atoms with E-state index in [1.165, 1.54) is 18.8 Å². The normalized spacial score (nSPS) is 20.3. The van der Waals surface area contributed by atoms with Gasteiger partial charge in [0.05, 0.1) is 6.04 Å². The van der Waals surface area contributed by atoms with Crippen LogP contribution in [0.2, 0.25) is 0 Å². The fourth-order valence-electron chi connectivity index (χ4n) is 3.21. The van der Waals surface area contributed by atoms with Crippen LogP contribution in [0, 0.1) is 0 Å². The Morgan fingerprint density at radius 2 is 2.25 bits per heavy atom. The number of hydrogen-bond acceptors (Lipinski definition) is 3. The second-order valence-electron chi connectivity index (χ2n) is 6.03. The van der Waals surface area contributed by atoms with E-state index in [9.17, 15) is 0 Å². The fraction of sp³-hybridized carbons (Fsp3) is 0.625. The Morgan fingerprint density at radius 3 is 2.95 bits per heavy atom. The third-order valence-corrected chi connectivity index (χ3v) is 4.29. The molecule has 0 radical (unpaired) electrons. The van der Waals surface area contributed by atoms with Gasteiger partial charge in [-0.15, -0.1) is 0 Å². The lowest BCUT2D eigenvalue weighted by Gasteiger charge is -2.21. The lowest BCUT2D eigenvalue weighted by Crippen LogP contribution is -2.29. The van der Waals surface area contributed by atoms with Gasteiger partial charge in [-0.05, 0) is 38.8 Å². The van der Waals surface area contributed by atoms with Gasteiger partial charge in [-0.25, -0.2) is 9.97 Å². The molecule has 3 rings (SSSR count). The predicted molar refractivity (Wildman–Crippen MR) is 81.9 cm³/mol. The number of imidazole rings is 1. The molecule has 1 fully saturated rings. The van der Waals surface area contributed by atoms with Crippen molar-refractivity contribution < 1.29 is 0 Å². The third kappa shape index (κ3) is 2.33. The van der Waals surface area contributed by atoms with Gasteiger partial charge in [0, 0.05) is 31.7 Å². The average molecular weight is 272 g/mol. The molecule has 1 saturated heterocycles. The number of nitrogens with zero attached hydrogens (tertiary/aromatic N) is 4. The zero-order valence-corrected chi connectivity index (χ0v) is 12.7. The van der Waals surface area contributed by atoms with Gasteiger partial charge >= 0.3 is 0 Å². The standard InChI is InChI=1S/C16H24N4/c1-4-6-15-18-14-7-5-9-17-16(14)20(15)13-8-10-19(11-13)12(2)3/h5,7,9,12-13H,4,6,8,10-11H2,1-3H3. The third-order valence-electron chi connectivity index (χ3n) is 4.29. The van der Waals surface area contributed by atoms with E-state index in [1.54, 1.807) is 0 Å². The molecule has 0 aliphatic carbocycles. The maximum atomic E-state index is 4.80. The van der Waals surface area contributed by atoms with Crippen LogP contribution in [0.4, 0.5) is 0 Å². The molecule has 4 nitrogen and oxygen atoms in total. The van der Waals surface area contributed by atoms with Crippen molar-refractivity contribution in [2.24, 2.45) is 0 Å². The molecule has 0 amide bonds. The molecule has 0 aromatic carbocycles. The molecular weight excluding hydrogens is 248 g/mol. The summed E-state index contributed by atoms with van der Waals surface area (Å²) in [5.74, 6) is 1.21. The van der Waals surface area contributed by atoms with Crippen molar-refractivity contribution in [2.45, 2.75) is 52.1 Å². The van der Waals surface area contributed by atoms with Crippen molar-refractivity contribution >= 4 is 11.2 Å². The van der Waals surface area contributed by atoms with E-state index in [-0.39, 0.29) is 0 Å². The van der Waals surface area contributed by atoms with E-state index >= 15 is 0 Å². The van der Waals surface area contributed by atoms with Crippen LogP contribution in [-0.2, 0) is 6.42 Å². The van der Waals surface area contributed by atoms with E-state index < -0.39 is 0 Å². The van der Waals surface area contributed by atoms with Crippen molar-refractivity contribution in [3.8, 4) is 0 Å². The van der Waals surface area contributed by atoms with Crippen molar-refractivity contribution in [3.05, 3.63) is 24.2 Å². The fourth-order valence-corrected chi connectivity index (χ4v) is 3.21. The number of aromatic nitrogens is 3. The summed E-state index contributed by atoms with van der Waals surface area (Å²) in [5.41, 5.74) is 2.10. The van der Waals surface area contributed by atoms with E-state index in [0.717, 1.165) is 30.6 Å². The largest absolute Gasteiger partial charge is 0.308 e. The molecule has 3 heterocycles. The van der Waals surface area contributed by atoms with E-state index in [1.807, 2.05) is 12.3 Å². The van der Waals surface area contributed by atoms with Gasteiger partial charge in [-0.1, -0.05) is 6.92 Å². The molecule has 0 bridgehead atoms. The molecule has 1 aliphatic heterocycles. The van der Waals surface area contributed by atoms with Crippen LogP contribution in [0.25, 0.3) is 11.2 Å². The maximum absolute atomic E-state index is 4.80. The number of fused-ring (bicyclic) bond motifs is 1. The molecule has 1 aliphatic rings. The van der Waals surface area contributed by atoms with Crippen LogP contribution in [0.5, 0.6) is 0 Å². The molecule has 1 unspecified atom stereocenters. The highest BCUT2D eigenvalue weighted by atomic mass is 15.2. The summed E-state index contributed by atoms with van der Waals surface area (Å²) in [6.45, 7) is 9.07. The Labute approximate surface area is 120 Å². The molecule has 0 spiro atoms. The van der Waals surface area contributed by atoms with E-state index in [0.29, 0.717) is 12.1 Å². The number of likely N-dealkylation sites (tertiary alicyclic amines) is 1. The smallest absolute Gasteiger partial charge is 0.160 e. The van der Waals surface area contributed by atoms with Gasteiger partial charge in [0.2, 0.25) is 0 Å². The minimum Gasteiger partial charge on any atom is -0.308 e. The molecule has 108 valence electrons. The maximum Gasteiger partial charge on any atom is 0.160 e. The monoisotopic (exact) mass is 272 g/mol. The van der Waals surface area contributed by atoms with E-state index in [2.05, 4.69) is 41.3 Å². The van der Waals surface area contributed by atoms with Crippen LogP contribution >= 0.6 is 0 Å². The van der Waals surface area contributed by atoms with Crippen molar-refractivity contribution in [1.29, 1.82) is 0 Å². The first-order valence-corrected chi connectivity index (χ1v) is 7.76. The highest BCUT2D eigenvalue weighted by molar-refractivity contribution is 5.71. The van der Waals surface area contributed by atoms with Crippen LogP contribution < -0.4 is 0 Å². The topological polar surface area (TPSA) is 34.0 Å².